The third-order valence-corrected chi connectivity index (χ3v) is 7.18. The van der Waals surface area contributed by atoms with E-state index >= 15 is 0 Å². The number of nitrogens with zero attached hydrogens (tertiary/aromatic N) is 3. The molecule has 0 saturated carbocycles. The lowest BCUT2D eigenvalue weighted by Gasteiger charge is -2.12. The Morgan fingerprint density at radius 3 is 2.59 bits per heavy atom. The van der Waals surface area contributed by atoms with Gasteiger partial charge in [0.25, 0.3) is 11.2 Å². The summed E-state index contributed by atoms with van der Waals surface area (Å²) < 4.78 is 35.2. The molecule has 5 rings (SSSR count). The van der Waals surface area contributed by atoms with Crippen LogP contribution in [0.4, 0.5) is 5.82 Å². The first kappa shape index (κ1) is 20.2. The molecule has 0 saturated heterocycles. The van der Waals surface area contributed by atoms with Gasteiger partial charge in [0, 0.05) is 11.2 Å². The van der Waals surface area contributed by atoms with Gasteiger partial charge in [-0.15, -0.1) is 0 Å². The third-order valence-electron chi connectivity index (χ3n) is 5.13. The van der Waals surface area contributed by atoms with Crippen molar-refractivity contribution in [3.8, 4) is 0 Å². The number of pyridine rings is 2. The van der Waals surface area contributed by atoms with Crippen LogP contribution in [-0.4, -0.2) is 17.8 Å². The normalized spacial score (nSPS) is 11.9. The number of furan rings is 1. The number of fused-ring (bicyclic) bond motifs is 2. The predicted octanol–water partition coefficient (Wildman–Crippen LogP) is 2.84. The molecule has 2 N–H and O–H groups in total. The molecule has 4 aromatic heterocycles. The van der Waals surface area contributed by atoms with Crippen LogP contribution >= 0.6 is 11.6 Å². The largest absolute Gasteiger partial charge is 0.466 e. The number of hydrogen-bond acceptors (Lipinski definition) is 6. The predicted molar refractivity (Wildman–Crippen MR) is 118 cm³/mol. The van der Waals surface area contributed by atoms with Gasteiger partial charge in [-0.1, -0.05) is 22.7 Å². The molecular formula is C22H16ClN4O4S+. The molecule has 0 bridgehead atoms. The topological polar surface area (TPSA) is 112 Å². The van der Waals surface area contributed by atoms with Gasteiger partial charge in [0.1, 0.15) is 22.6 Å². The summed E-state index contributed by atoms with van der Waals surface area (Å²) in [6.45, 7) is 0.0920. The maximum Gasteiger partial charge on any atom is 0.278 e. The number of rotatable bonds is 4. The van der Waals surface area contributed by atoms with E-state index in [1.54, 1.807) is 36.5 Å². The van der Waals surface area contributed by atoms with E-state index in [0.29, 0.717) is 16.4 Å². The summed E-state index contributed by atoms with van der Waals surface area (Å²) >= 11 is 5.91. The Balaban J connectivity index is 1.87. The van der Waals surface area contributed by atoms with E-state index in [9.17, 15) is 13.2 Å². The van der Waals surface area contributed by atoms with Crippen LogP contribution in [0.2, 0.25) is 5.02 Å². The van der Waals surface area contributed by atoms with Gasteiger partial charge in [0.15, 0.2) is 0 Å². The standard InChI is InChI=1S/C22H15ClN4O4S/c23-14-6-8-16(9-7-14)32(29,30)18-12-17-21(25-19-5-1-2-10-26(19)22(17)28)27(20(18)24)13-15-4-3-11-31-15/h1-12,24H,13H2/p+1. The number of aromatic nitrogens is 3. The van der Waals surface area contributed by atoms with Crippen LogP contribution in [0.25, 0.3) is 16.7 Å². The van der Waals surface area contributed by atoms with Gasteiger partial charge in [-0.25, -0.2) is 13.0 Å². The quantitative estimate of drug-likeness (QED) is 0.321. The smallest absolute Gasteiger partial charge is 0.278 e. The molecule has 0 spiro atoms. The zero-order valence-corrected chi connectivity index (χ0v) is 18.0. The second-order valence-corrected chi connectivity index (χ2v) is 9.45. The van der Waals surface area contributed by atoms with Crippen LogP contribution in [-0.2, 0) is 16.4 Å². The summed E-state index contributed by atoms with van der Waals surface area (Å²) in [6.07, 6.45) is 3.07. The lowest BCUT2D eigenvalue weighted by atomic mass is 10.3. The molecule has 4 heterocycles. The molecule has 32 heavy (non-hydrogen) atoms. The Labute approximate surface area is 187 Å². The number of halogens is 1. The summed E-state index contributed by atoms with van der Waals surface area (Å²) in [6, 6.07) is 15.6. The van der Waals surface area contributed by atoms with E-state index in [0.717, 1.165) is 0 Å². The number of nitrogens with two attached hydrogens (primary N) is 1. The highest BCUT2D eigenvalue weighted by molar-refractivity contribution is 7.91. The fourth-order valence-corrected chi connectivity index (χ4v) is 5.08. The van der Waals surface area contributed by atoms with Gasteiger partial charge in [-0.3, -0.25) is 9.20 Å². The van der Waals surface area contributed by atoms with E-state index < -0.39 is 15.4 Å². The van der Waals surface area contributed by atoms with Gasteiger partial charge >= 0.3 is 0 Å². The summed E-state index contributed by atoms with van der Waals surface area (Å²) in [4.78, 5) is 17.6. The van der Waals surface area contributed by atoms with Gasteiger partial charge in [0.2, 0.25) is 21.3 Å². The van der Waals surface area contributed by atoms with Crippen LogP contribution in [0, 0.1) is 0 Å². The fraction of sp³-hybridized carbons (Fsp3) is 0.0455. The summed E-state index contributed by atoms with van der Waals surface area (Å²) in [5.74, 6) is 0.468. The minimum atomic E-state index is -4.06. The van der Waals surface area contributed by atoms with E-state index in [1.165, 1.54) is 45.6 Å². The average molecular weight is 468 g/mol. The summed E-state index contributed by atoms with van der Waals surface area (Å²) in [7, 11) is -4.06. The third kappa shape index (κ3) is 3.22. The number of sulfone groups is 1. The minimum absolute atomic E-state index is 0.00588. The van der Waals surface area contributed by atoms with Crippen LogP contribution in [0.5, 0.6) is 0 Å². The summed E-state index contributed by atoms with van der Waals surface area (Å²) in [5.41, 5.74) is 6.63. The molecule has 0 radical (unpaired) electrons. The number of anilines is 1. The Kier molecular flexibility index (Phi) is 4.72. The lowest BCUT2D eigenvalue weighted by molar-refractivity contribution is -0.653. The molecule has 0 aliphatic carbocycles. The first-order chi connectivity index (χ1) is 15.4. The number of hydrogen-bond donors (Lipinski definition) is 1. The Bertz CT molecular complexity index is 1640. The molecule has 0 atom stereocenters. The van der Waals surface area contributed by atoms with Gasteiger partial charge in [-0.2, -0.15) is 0 Å². The molecule has 5 aromatic rings. The number of nitrogen functional groups attached to an aromatic ring is 1. The van der Waals surface area contributed by atoms with Crippen molar-refractivity contribution in [2.24, 2.45) is 0 Å². The second kappa shape index (κ2) is 7.47. The second-order valence-electron chi connectivity index (χ2n) is 7.10. The molecule has 0 aliphatic rings. The van der Waals surface area contributed by atoms with Crippen molar-refractivity contribution in [1.29, 1.82) is 0 Å². The van der Waals surface area contributed by atoms with Crippen LogP contribution in [0.1, 0.15) is 5.76 Å². The molecule has 10 heteroatoms. The van der Waals surface area contributed by atoms with Crippen molar-refractivity contribution >= 4 is 43.9 Å². The maximum atomic E-state index is 13.5. The number of benzene rings is 1. The highest BCUT2D eigenvalue weighted by Gasteiger charge is 2.29. The van der Waals surface area contributed by atoms with Crippen molar-refractivity contribution in [3.63, 3.8) is 0 Å². The monoisotopic (exact) mass is 467 g/mol. The van der Waals surface area contributed by atoms with Crippen molar-refractivity contribution in [1.82, 2.24) is 9.38 Å². The highest BCUT2D eigenvalue weighted by Crippen LogP contribution is 2.27. The molecule has 0 fully saturated rings. The van der Waals surface area contributed by atoms with Crippen molar-refractivity contribution in [2.45, 2.75) is 16.3 Å². The van der Waals surface area contributed by atoms with Gasteiger partial charge in [0.05, 0.1) is 11.2 Å². The SMILES string of the molecule is Nc1c(S(=O)(=O)c2ccc(Cl)cc2)cc2c(=O)n3ccccc3nc2[n+]1Cc1ccco1. The lowest BCUT2D eigenvalue weighted by Crippen LogP contribution is -2.42. The van der Waals surface area contributed by atoms with E-state index in [1.807, 2.05) is 0 Å². The van der Waals surface area contributed by atoms with Gasteiger partial charge in [-0.05, 0) is 54.6 Å². The zero-order chi connectivity index (χ0) is 22.5. The van der Waals surface area contributed by atoms with Gasteiger partial charge < -0.3 is 10.2 Å². The summed E-state index contributed by atoms with van der Waals surface area (Å²) in [5, 5.41) is 0.513. The van der Waals surface area contributed by atoms with E-state index in [4.69, 9.17) is 21.8 Å². The molecule has 160 valence electrons. The van der Waals surface area contributed by atoms with Crippen molar-refractivity contribution in [2.75, 3.05) is 5.73 Å². The molecule has 0 aliphatic heterocycles. The maximum absolute atomic E-state index is 13.5. The Morgan fingerprint density at radius 1 is 1.09 bits per heavy atom. The van der Waals surface area contributed by atoms with E-state index in [2.05, 4.69) is 4.98 Å². The Hall–Kier alpha value is -3.69. The van der Waals surface area contributed by atoms with Crippen LogP contribution in [0.15, 0.2) is 92.1 Å². The molecular weight excluding hydrogens is 452 g/mol. The van der Waals surface area contributed by atoms with Crippen molar-refractivity contribution in [3.05, 3.63) is 94.3 Å². The zero-order valence-electron chi connectivity index (χ0n) is 16.5. The molecule has 8 nitrogen and oxygen atoms in total. The molecule has 1 aromatic carbocycles. The first-order valence-electron chi connectivity index (χ1n) is 9.53. The Morgan fingerprint density at radius 2 is 1.88 bits per heavy atom. The fourth-order valence-electron chi connectivity index (χ4n) is 3.55. The van der Waals surface area contributed by atoms with E-state index in [-0.39, 0.29) is 33.2 Å². The van der Waals surface area contributed by atoms with Crippen LogP contribution < -0.4 is 15.9 Å². The molecule has 0 amide bonds. The minimum Gasteiger partial charge on any atom is -0.466 e. The first-order valence-corrected chi connectivity index (χ1v) is 11.4. The highest BCUT2D eigenvalue weighted by atomic mass is 35.5. The molecule has 0 unspecified atom stereocenters. The van der Waals surface area contributed by atoms with Crippen LogP contribution in [0.3, 0.4) is 0 Å². The van der Waals surface area contributed by atoms with Crippen molar-refractivity contribution < 1.29 is 17.4 Å². The average Bonchev–Trinajstić information content (AvgIpc) is 3.29.